The number of fused-ring (bicyclic) bond motifs is 2. The fourth-order valence-electron chi connectivity index (χ4n) is 3.81. The summed E-state index contributed by atoms with van der Waals surface area (Å²) in [7, 11) is 1.51. The molecule has 2 unspecified atom stereocenters. The lowest BCUT2D eigenvalue weighted by atomic mass is 9.89. The van der Waals surface area contributed by atoms with Crippen LogP contribution in [0.5, 0.6) is 5.75 Å². The number of nitrogens with zero attached hydrogens (tertiary/aromatic N) is 4. The smallest absolute Gasteiger partial charge is 0.241 e. The maximum Gasteiger partial charge on any atom is 0.241 e. The number of aliphatic imine (C=N–C) groups is 1. The number of carbonyl (C=O) groups excluding carboxylic acids is 1. The van der Waals surface area contributed by atoms with Crippen LogP contribution in [0.4, 0.5) is 10.2 Å². The Morgan fingerprint density at radius 2 is 2.23 bits per heavy atom. The van der Waals surface area contributed by atoms with Gasteiger partial charge >= 0.3 is 0 Å². The Morgan fingerprint density at radius 3 is 3.06 bits per heavy atom. The second-order valence-corrected chi connectivity index (χ2v) is 7.77. The zero-order valence-corrected chi connectivity index (χ0v) is 17.8. The number of hydroxylamine groups is 1. The lowest BCUT2D eigenvalue weighted by molar-refractivity contribution is -0.119. The Labute approximate surface area is 184 Å². The van der Waals surface area contributed by atoms with Crippen molar-refractivity contribution in [3.63, 3.8) is 0 Å². The Balaban J connectivity index is 1.81. The number of anilines is 1. The van der Waals surface area contributed by atoms with E-state index >= 15 is 4.39 Å². The van der Waals surface area contributed by atoms with Gasteiger partial charge in [-0.1, -0.05) is 11.6 Å². The topological polar surface area (TPSA) is 88.9 Å². The number of nitrogens with one attached hydrogen (secondary N) is 1. The molecule has 1 aliphatic heterocycles. The Hall–Kier alpha value is -2.78. The normalized spacial score (nSPS) is 22.9. The molecule has 1 aromatic heterocycles. The first-order valence-corrected chi connectivity index (χ1v) is 10.5. The number of halogens is 2. The summed E-state index contributed by atoms with van der Waals surface area (Å²) < 4.78 is 20.9. The zero-order valence-electron chi connectivity index (χ0n) is 17.1. The molecule has 0 fully saturated rings. The van der Waals surface area contributed by atoms with Gasteiger partial charge in [-0.25, -0.2) is 19.4 Å². The first kappa shape index (κ1) is 21.5. The van der Waals surface area contributed by atoms with E-state index < -0.39 is 17.8 Å². The minimum Gasteiger partial charge on any atom is -0.494 e. The average molecular weight is 448 g/mol. The van der Waals surface area contributed by atoms with Crippen molar-refractivity contribution in [1.29, 1.82) is 0 Å². The summed E-state index contributed by atoms with van der Waals surface area (Å²) in [6.07, 6.45) is 4.40. The van der Waals surface area contributed by atoms with E-state index in [2.05, 4.69) is 20.3 Å². The quantitative estimate of drug-likeness (QED) is 0.722. The molecule has 1 aliphatic carbocycles. The average Bonchev–Trinajstić information content (AvgIpc) is 2.77. The van der Waals surface area contributed by atoms with Gasteiger partial charge in [0, 0.05) is 18.1 Å². The molecule has 2 bridgehead atoms. The molecule has 2 aliphatic rings. The van der Waals surface area contributed by atoms with E-state index in [1.807, 2.05) is 18.2 Å². The van der Waals surface area contributed by atoms with Gasteiger partial charge in [-0.2, -0.15) is 0 Å². The summed E-state index contributed by atoms with van der Waals surface area (Å²) in [6, 6.07) is 5.05. The Bertz CT molecular complexity index is 1030. The number of ether oxygens (including phenoxy) is 1. The molecule has 164 valence electrons. The predicted molar refractivity (Wildman–Crippen MR) is 116 cm³/mol. The van der Waals surface area contributed by atoms with Crippen LogP contribution in [0.1, 0.15) is 19.3 Å². The molecular formula is C21H23ClFN5O3. The van der Waals surface area contributed by atoms with Gasteiger partial charge in [-0.05, 0) is 37.5 Å². The molecule has 1 aromatic carbocycles. The number of hydrogen-bond acceptors (Lipinski definition) is 7. The second-order valence-electron chi connectivity index (χ2n) is 7.31. The highest BCUT2D eigenvalue weighted by molar-refractivity contribution is 6.30. The van der Waals surface area contributed by atoms with Crippen LogP contribution in [0, 0.1) is 5.92 Å². The monoisotopic (exact) mass is 447 g/mol. The maximum absolute atomic E-state index is 15.0. The van der Waals surface area contributed by atoms with Crippen molar-refractivity contribution in [1.82, 2.24) is 15.3 Å². The van der Waals surface area contributed by atoms with Gasteiger partial charge in [0.05, 0.1) is 36.2 Å². The Kier molecular flexibility index (Phi) is 6.62. The van der Waals surface area contributed by atoms with Crippen LogP contribution in [0.2, 0.25) is 0 Å². The van der Waals surface area contributed by atoms with E-state index in [0.29, 0.717) is 49.5 Å². The molecule has 1 amide bonds. The molecular weight excluding hydrogens is 425 g/mol. The van der Waals surface area contributed by atoms with Gasteiger partial charge in [0.15, 0.2) is 5.82 Å². The molecule has 2 aromatic rings. The van der Waals surface area contributed by atoms with Crippen molar-refractivity contribution in [2.24, 2.45) is 10.9 Å². The molecule has 0 saturated carbocycles. The number of rotatable bonds is 1. The molecule has 0 spiro atoms. The van der Waals surface area contributed by atoms with Crippen molar-refractivity contribution in [3.8, 4) is 5.75 Å². The van der Waals surface area contributed by atoms with Gasteiger partial charge in [-0.15, -0.1) is 0 Å². The first-order valence-electron chi connectivity index (χ1n) is 10.1. The number of aromatic nitrogens is 2. The van der Waals surface area contributed by atoms with Crippen LogP contribution in [-0.4, -0.2) is 54.9 Å². The van der Waals surface area contributed by atoms with Crippen molar-refractivity contribution >= 4 is 40.4 Å². The fourth-order valence-corrected chi connectivity index (χ4v) is 4.05. The lowest BCUT2D eigenvalue weighted by Gasteiger charge is -2.36. The van der Waals surface area contributed by atoms with Crippen molar-refractivity contribution < 1.29 is 18.8 Å². The SMILES string of the molecule is CON1c2ncnc3ccc(cc23)OCCCNC(=O)CN=CC2C(F)=C(Cl)CCC21. The van der Waals surface area contributed by atoms with E-state index in [0.717, 1.165) is 5.39 Å². The highest BCUT2D eigenvalue weighted by Gasteiger charge is 2.37. The van der Waals surface area contributed by atoms with Gasteiger partial charge < -0.3 is 10.1 Å². The Morgan fingerprint density at radius 1 is 1.35 bits per heavy atom. The van der Waals surface area contributed by atoms with Gasteiger partial charge in [0.25, 0.3) is 0 Å². The van der Waals surface area contributed by atoms with Crippen LogP contribution in [0.15, 0.2) is 40.4 Å². The molecule has 1 N–H and O–H groups in total. The fraction of sp³-hybridized carbons (Fsp3) is 0.429. The summed E-state index contributed by atoms with van der Waals surface area (Å²) in [5, 5.41) is 5.23. The first-order chi connectivity index (χ1) is 15.1. The summed E-state index contributed by atoms with van der Waals surface area (Å²) in [6.45, 7) is 0.796. The zero-order chi connectivity index (χ0) is 21.8. The highest BCUT2D eigenvalue weighted by atomic mass is 35.5. The molecule has 2 atom stereocenters. The molecule has 0 saturated heterocycles. The van der Waals surface area contributed by atoms with Crippen molar-refractivity contribution in [3.05, 3.63) is 35.4 Å². The van der Waals surface area contributed by atoms with E-state index in [4.69, 9.17) is 21.2 Å². The molecule has 2 heterocycles. The maximum atomic E-state index is 15.0. The third-order valence-corrected chi connectivity index (χ3v) is 5.70. The minimum atomic E-state index is -0.786. The van der Waals surface area contributed by atoms with Gasteiger partial charge in [0.1, 0.15) is 24.4 Å². The van der Waals surface area contributed by atoms with Crippen molar-refractivity contribution in [2.45, 2.75) is 25.3 Å². The number of allylic oxidation sites excluding steroid dienone is 1. The van der Waals surface area contributed by atoms with Crippen LogP contribution >= 0.6 is 11.6 Å². The third-order valence-electron chi connectivity index (χ3n) is 5.33. The van der Waals surface area contributed by atoms with Gasteiger partial charge in [0.2, 0.25) is 5.91 Å². The van der Waals surface area contributed by atoms with Gasteiger partial charge in [-0.3, -0.25) is 14.6 Å². The lowest BCUT2D eigenvalue weighted by Crippen LogP contribution is -2.43. The number of amides is 1. The molecule has 8 nitrogen and oxygen atoms in total. The molecule has 0 radical (unpaired) electrons. The van der Waals surface area contributed by atoms with Crippen LogP contribution in [0.25, 0.3) is 10.9 Å². The molecule has 4 rings (SSSR count). The predicted octanol–water partition coefficient (Wildman–Crippen LogP) is 3.17. The standard InChI is InChI=1S/C21H23ClFN5O3/c1-30-28-18-6-4-16(22)20(23)15(18)10-24-11-19(29)25-7-2-8-31-13-3-5-17-14(9-13)21(28)27-12-26-17/h3,5,9-10,12,15,18H,2,4,6-8,11H2,1H3,(H,25,29). The number of benzene rings is 1. The number of carbonyl (C=O) groups is 1. The second kappa shape index (κ2) is 9.57. The summed E-state index contributed by atoms with van der Waals surface area (Å²) in [4.78, 5) is 30.6. The molecule has 31 heavy (non-hydrogen) atoms. The highest BCUT2D eigenvalue weighted by Crippen LogP contribution is 2.38. The summed E-state index contributed by atoms with van der Waals surface area (Å²) in [5.74, 6) is -0.362. The molecule has 10 heteroatoms. The number of hydrogen-bond donors (Lipinski definition) is 1. The van der Waals surface area contributed by atoms with Crippen LogP contribution < -0.4 is 15.1 Å². The summed E-state index contributed by atoms with van der Waals surface area (Å²) >= 11 is 6.12. The van der Waals surface area contributed by atoms with E-state index in [9.17, 15) is 4.79 Å². The van der Waals surface area contributed by atoms with Crippen LogP contribution in [0.3, 0.4) is 0 Å². The minimum absolute atomic E-state index is 0.0985. The third kappa shape index (κ3) is 4.62. The van der Waals surface area contributed by atoms with Crippen LogP contribution in [-0.2, 0) is 9.63 Å². The largest absolute Gasteiger partial charge is 0.494 e. The van der Waals surface area contributed by atoms with Crippen molar-refractivity contribution in [2.75, 3.05) is 31.9 Å². The summed E-state index contributed by atoms with van der Waals surface area (Å²) in [5.41, 5.74) is 0.711. The van der Waals surface area contributed by atoms with E-state index in [1.54, 1.807) is 5.06 Å². The van der Waals surface area contributed by atoms with E-state index in [-0.39, 0.29) is 17.5 Å². The van der Waals surface area contributed by atoms with E-state index in [1.165, 1.54) is 19.7 Å².